The fourth-order valence-electron chi connectivity index (χ4n) is 3.82. The Hall–Kier alpha value is -1.98. The summed E-state index contributed by atoms with van der Waals surface area (Å²) in [5, 5.41) is 1.95. The summed E-state index contributed by atoms with van der Waals surface area (Å²) in [5.41, 5.74) is 2.01. The van der Waals surface area contributed by atoms with Gasteiger partial charge in [0.25, 0.3) is 5.91 Å². The van der Waals surface area contributed by atoms with Crippen molar-refractivity contribution in [2.24, 2.45) is 5.92 Å². The van der Waals surface area contributed by atoms with Crippen LogP contribution in [-0.2, 0) is 6.54 Å². The molecule has 2 aliphatic heterocycles. The first-order chi connectivity index (χ1) is 12.2. The highest BCUT2D eigenvalue weighted by Gasteiger charge is 2.30. The third-order valence-electron chi connectivity index (χ3n) is 5.25. The average molecular weight is 354 g/mol. The Morgan fingerprint density at radius 2 is 1.92 bits per heavy atom. The number of carbonyl (C=O) groups excluding carboxylic acids is 2. The van der Waals surface area contributed by atoms with Gasteiger partial charge in [-0.15, -0.1) is 11.3 Å². The van der Waals surface area contributed by atoms with Crippen LogP contribution in [0.1, 0.15) is 38.4 Å². The Morgan fingerprint density at radius 1 is 1.12 bits per heavy atom. The van der Waals surface area contributed by atoms with Crippen LogP contribution in [0.25, 0.3) is 0 Å². The van der Waals surface area contributed by atoms with Gasteiger partial charge in [-0.3, -0.25) is 14.5 Å². The summed E-state index contributed by atoms with van der Waals surface area (Å²) in [7, 11) is 0. The van der Waals surface area contributed by atoms with Crippen LogP contribution in [0.3, 0.4) is 0 Å². The van der Waals surface area contributed by atoms with Crippen molar-refractivity contribution >= 4 is 23.0 Å². The zero-order chi connectivity index (χ0) is 17.2. The largest absolute Gasteiger partial charge is 0.334 e. The van der Waals surface area contributed by atoms with E-state index in [0.717, 1.165) is 55.0 Å². The number of hydrogen-bond donors (Lipinski definition) is 0. The molecular formula is C20H22N2O2S. The van der Waals surface area contributed by atoms with E-state index in [9.17, 15) is 9.59 Å². The molecule has 1 aromatic carbocycles. The maximum absolute atomic E-state index is 12.5. The first kappa shape index (κ1) is 16.5. The number of fused-ring (bicyclic) bond motifs is 1. The van der Waals surface area contributed by atoms with Gasteiger partial charge in [0.1, 0.15) is 0 Å². The second-order valence-electron chi connectivity index (χ2n) is 6.96. The summed E-state index contributed by atoms with van der Waals surface area (Å²) >= 11 is 1.52. The lowest BCUT2D eigenvalue weighted by molar-refractivity contribution is 0.0708. The van der Waals surface area contributed by atoms with E-state index in [1.54, 1.807) is 0 Å². The van der Waals surface area contributed by atoms with Crippen molar-refractivity contribution in [1.29, 1.82) is 0 Å². The van der Waals surface area contributed by atoms with Crippen LogP contribution in [0.4, 0.5) is 0 Å². The number of amides is 1. The molecule has 0 saturated carbocycles. The normalized spacial score (nSPS) is 18.6. The Labute approximate surface area is 152 Å². The molecule has 0 bridgehead atoms. The number of carbonyl (C=O) groups is 2. The van der Waals surface area contributed by atoms with Gasteiger partial charge in [-0.1, -0.05) is 24.3 Å². The molecule has 4 rings (SSSR count). The van der Waals surface area contributed by atoms with Gasteiger partial charge < -0.3 is 4.90 Å². The molecule has 1 saturated heterocycles. The van der Waals surface area contributed by atoms with Gasteiger partial charge in [0.15, 0.2) is 5.78 Å². The van der Waals surface area contributed by atoms with E-state index in [1.165, 1.54) is 11.3 Å². The highest BCUT2D eigenvalue weighted by atomic mass is 32.1. The molecule has 4 nitrogen and oxygen atoms in total. The van der Waals surface area contributed by atoms with Gasteiger partial charge in [0.2, 0.25) is 0 Å². The highest BCUT2D eigenvalue weighted by Crippen LogP contribution is 2.26. The molecule has 130 valence electrons. The standard InChI is InChI=1S/C20H22N2O2S/c23-18(19-6-3-11-25-19)14-21-9-7-15(8-10-21)12-22-13-16-4-1-2-5-17(16)20(22)24/h1-6,11,15H,7-10,12-14H2. The van der Waals surface area contributed by atoms with Crippen molar-refractivity contribution in [1.82, 2.24) is 9.80 Å². The predicted molar refractivity (Wildman–Crippen MR) is 99.0 cm³/mol. The lowest BCUT2D eigenvalue weighted by Gasteiger charge is -2.33. The fraction of sp³-hybridized carbons (Fsp3) is 0.400. The molecule has 5 heteroatoms. The molecular weight excluding hydrogens is 332 g/mol. The average Bonchev–Trinajstić information content (AvgIpc) is 3.26. The Balaban J connectivity index is 1.27. The van der Waals surface area contributed by atoms with Crippen LogP contribution in [-0.4, -0.2) is 47.7 Å². The van der Waals surface area contributed by atoms with E-state index >= 15 is 0 Å². The van der Waals surface area contributed by atoms with E-state index in [2.05, 4.69) is 4.90 Å². The molecule has 1 fully saturated rings. The third kappa shape index (κ3) is 3.53. The van der Waals surface area contributed by atoms with Crippen molar-refractivity contribution < 1.29 is 9.59 Å². The van der Waals surface area contributed by atoms with Gasteiger partial charge in [-0.25, -0.2) is 0 Å². The van der Waals surface area contributed by atoms with Gasteiger partial charge in [-0.2, -0.15) is 0 Å². The number of piperidine rings is 1. The second kappa shape index (κ2) is 7.10. The fourth-order valence-corrected chi connectivity index (χ4v) is 4.48. The van der Waals surface area contributed by atoms with Crippen LogP contribution in [0.15, 0.2) is 41.8 Å². The van der Waals surface area contributed by atoms with E-state index < -0.39 is 0 Å². The molecule has 25 heavy (non-hydrogen) atoms. The van der Waals surface area contributed by atoms with Gasteiger partial charge in [-0.05, 0) is 54.9 Å². The molecule has 0 radical (unpaired) electrons. The summed E-state index contributed by atoms with van der Waals surface area (Å²) in [6.07, 6.45) is 2.11. The zero-order valence-electron chi connectivity index (χ0n) is 14.2. The lowest BCUT2D eigenvalue weighted by Crippen LogP contribution is -2.40. The minimum absolute atomic E-state index is 0.172. The van der Waals surface area contributed by atoms with Crippen LogP contribution >= 0.6 is 11.3 Å². The van der Waals surface area contributed by atoms with Crippen molar-refractivity contribution in [3.8, 4) is 0 Å². The van der Waals surface area contributed by atoms with Crippen LogP contribution in [0.2, 0.25) is 0 Å². The SMILES string of the molecule is O=C(CN1CCC(CN2Cc3ccccc3C2=O)CC1)c1cccs1. The molecule has 2 aromatic rings. The molecule has 2 aliphatic rings. The number of rotatable bonds is 5. The molecule has 0 atom stereocenters. The first-order valence-electron chi connectivity index (χ1n) is 8.87. The first-order valence-corrected chi connectivity index (χ1v) is 9.75. The van der Waals surface area contributed by atoms with E-state index in [0.29, 0.717) is 12.5 Å². The number of benzene rings is 1. The minimum Gasteiger partial charge on any atom is -0.334 e. The van der Waals surface area contributed by atoms with E-state index in [-0.39, 0.29) is 11.7 Å². The van der Waals surface area contributed by atoms with Gasteiger partial charge in [0, 0.05) is 18.7 Å². The predicted octanol–water partition coefficient (Wildman–Crippen LogP) is 3.30. The molecule has 0 N–H and O–H groups in total. The van der Waals surface area contributed by atoms with Crippen LogP contribution in [0, 0.1) is 5.92 Å². The number of hydrogen-bond acceptors (Lipinski definition) is 4. The quantitative estimate of drug-likeness (QED) is 0.774. The monoisotopic (exact) mass is 354 g/mol. The molecule has 1 amide bonds. The van der Waals surface area contributed by atoms with Crippen molar-refractivity contribution in [3.05, 3.63) is 57.8 Å². The molecule has 0 spiro atoms. The maximum atomic E-state index is 12.5. The van der Waals surface area contributed by atoms with Crippen molar-refractivity contribution in [2.45, 2.75) is 19.4 Å². The van der Waals surface area contributed by atoms with Crippen molar-refractivity contribution in [2.75, 3.05) is 26.2 Å². The number of thiophene rings is 1. The zero-order valence-corrected chi connectivity index (χ0v) is 15.0. The Bertz CT molecular complexity index is 764. The Morgan fingerprint density at radius 3 is 2.64 bits per heavy atom. The minimum atomic E-state index is 0.172. The Kier molecular flexibility index (Phi) is 4.68. The lowest BCUT2D eigenvalue weighted by atomic mass is 9.96. The number of ketones is 1. The summed E-state index contributed by atoms with van der Waals surface area (Å²) in [4.78, 5) is 29.8. The highest BCUT2D eigenvalue weighted by molar-refractivity contribution is 7.12. The third-order valence-corrected chi connectivity index (χ3v) is 6.16. The molecule has 0 unspecified atom stereocenters. The summed E-state index contributed by atoms with van der Waals surface area (Å²) in [6.45, 7) is 3.97. The van der Waals surface area contributed by atoms with Gasteiger partial charge >= 0.3 is 0 Å². The van der Waals surface area contributed by atoms with Gasteiger partial charge in [0.05, 0.1) is 11.4 Å². The molecule has 1 aromatic heterocycles. The van der Waals surface area contributed by atoms with E-state index in [4.69, 9.17) is 0 Å². The number of likely N-dealkylation sites (tertiary alicyclic amines) is 1. The van der Waals surface area contributed by atoms with Crippen molar-refractivity contribution in [3.63, 3.8) is 0 Å². The van der Waals surface area contributed by atoms with Crippen LogP contribution in [0.5, 0.6) is 0 Å². The number of Topliss-reactive ketones (excluding diaryl/α,β-unsaturated/α-hetero) is 1. The summed E-state index contributed by atoms with van der Waals surface area (Å²) in [5.74, 6) is 0.927. The smallest absolute Gasteiger partial charge is 0.254 e. The van der Waals surface area contributed by atoms with Crippen LogP contribution < -0.4 is 0 Å². The number of nitrogens with zero attached hydrogens (tertiary/aromatic N) is 2. The maximum Gasteiger partial charge on any atom is 0.254 e. The topological polar surface area (TPSA) is 40.6 Å². The summed E-state index contributed by atoms with van der Waals surface area (Å²) < 4.78 is 0. The molecule has 0 aliphatic carbocycles. The van der Waals surface area contributed by atoms with E-state index in [1.807, 2.05) is 46.7 Å². The molecule has 3 heterocycles. The summed E-state index contributed by atoms with van der Waals surface area (Å²) in [6, 6.07) is 11.7. The second-order valence-corrected chi connectivity index (χ2v) is 7.91.